The fourth-order valence-corrected chi connectivity index (χ4v) is 2.93. The number of nitrogens with one attached hydrogen (secondary N) is 2. The van der Waals surface area contributed by atoms with E-state index >= 15 is 0 Å². The summed E-state index contributed by atoms with van der Waals surface area (Å²) in [6.45, 7) is 0.289. The molecule has 0 unspecified atom stereocenters. The highest BCUT2D eigenvalue weighted by atomic mass is 19.1. The molecule has 0 aliphatic rings. The number of benzene rings is 2. The standard InChI is InChI=1S/C20H16FN3O2/c21-16-7-5-13(6-8-16)20-15(12-24-26-20)11-23-19(25)9-14-10-22-18-4-2-1-3-17(14)18/h1-8,10,12,22H,9,11H2,(H,23,25). The van der Waals surface area contributed by atoms with Crippen LogP contribution < -0.4 is 5.32 Å². The molecule has 2 aromatic heterocycles. The molecule has 130 valence electrons. The molecule has 0 fully saturated rings. The van der Waals surface area contributed by atoms with Crippen molar-refractivity contribution in [2.45, 2.75) is 13.0 Å². The van der Waals surface area contributed by atoms with Gasteiger partial charge in [0.15, 0.2) is 5.76 Å². The van der Waals surface area contributed by atoms with Crippen molar-refractivity contribution in [3.05, 3.63) is 77.9 Å². The molecule has 5 nitrogen and oxygen atoms in total. The Balaban J connectivity index is 1.44. The van der Waals surface area contributed by atoms with Crippen LogP contribution in [-0.2, 0) is 17.8 Å². The fourth-order valence-electron chi connectivity index (χ4n) is 2.93. The van der Waals surface area contributed by atoms with Gasteiger partial charge in [0, 0.05) is 34.8 Å². The van der Waals surface area contributed by atoms with E-state index in [0.29, 0.717) is 11.3 Å². The number of hydrogen-bond acceptors (Lipinski definition) is 3. The topological polar surface area (TPSA) is 70.9 Å². The van der Waals surface area contributed by atoms with E-state index in [0.717, 1.165) is 22.0 Å². The van der Waals surface area contributed by atoms with Gasteiger partial charge in [-0.3, -0.25) is 4.79 Å². The Morgan fingerprint density at radius 3 is 2.77 bits per heavy atom. The molecule has 26 heavy (non-hydrogen) atoms. The number of amides is 1. The first kappa shape index (κ1) is 16.1. The van der Waals surface area contributed by atoms with Gasteiger partial charge in [-0.2, -0.15) is 0 Å². The van der Waals surface area contributed by atoms with Gasteiger partial charge in [-0.1, -0.05) is 23.4 Å². The van der Waals surface area contributed by atoms with Crippen molar-refractivity contribution in [2.75, 3.05) is 0 Å². The van der Waals surface area contributed by atoms with Crippen LogP contribution in [0.2, 0.25) is 0 Å². The SMILES string of the molecule is O=C(Cc1c[nH]c2ccccc12)NCc1cnoc1-c1ccc(F)cc1. The number of para-hydroxylation sites is 1. The van der Waals surface area contributed by atoms with Crippen molar-refractivity contribution < 1.29 is 13.7 Å². The van der Waals surface area contributed by atoms with Crippen LogP contribution in [0.4, 0.5) is 4.39 Å². The zero-order valence-corrected chi connectivity index (χ0v) is 13.8. The summed E-state index contributed by atoms with van der Waals surface area (Å²) in [5.41, 5.74) is 3.41. The van der Waals surface area contributed by atoms with Crippen molar-refractivity contribution in [2.24, 2.45) is 0 Å². The van der Waals surface area contributed by atoms with Gasteiger partial charge in [0.1, 0.15) is 5.82 Å². The number of hydrogen-bond donors (Lipinski definition) is 2. The lowest BCUT2D eigenvalue weighted by Crippen LogP contribution is -2.24. The van der Waals surface area contributed by atoms with Crippen molar-refractivity contribution in [3.8, 4) is 11.3 Å². The second-order valence-electron chi connectivity index (χ2n) is 6.00. The quantitative estimate of drug-likeness (QED) is 0.575. The van der Waals surface area contributed by atoms with Gasteiger partial charge in [0.2, 0.25) is 5.91 Å². The molecular weight excluding hydrogens is 333 g/mol. The highest BCUT2D eigenvalue weighted by Crippen LogP contribution is 2.24. The highest BCUT2D eigenvalue weighted by molar-refractivity contribution is 5.88. The second-order valence-corrected chi connectivity index (χ2v) is 6.00. The van der Waals surface area contributed by atoms with Crippen LogP contribution in [0.5, 0.6) is 0 Å². The maximum atomic E-state index is 13.1. The van der Waals surface area contributed by atoms with E-state index in [1.807, 2.05) is 30.5 Å². The summed E-state index contributed by atoms with van der Waals surface area (Å²) >= 11 is 0. The van der Waals surface area contributed by atoms with Crippen molar-refractivity contribution in [1.29, 1.82) is 0 Å². The number of carbonyl (C=O) groups is 1. The van der Waals surface area contributed by atoms with Gasteiger partial charge in [0.05, 0.1) is 12.6 Å². The van der Waals surface area contributed by atoms with E-state index in [4.69, 9.17) is 4.52 Å². The monoisotopic (exact) mass is 349 g/mol. The summed E-state index contributed by atoms with van der Waals surface area (Å²) in [6, 6.07) is 13.8. The molecule has 4 aromatic rings. The van der Waals surface area contributed by atoms with E-state index < -0.39 is 0 Å². The molecule has 1 amide bonds. The van der Waals surface area contributed by atoms with Crippen LogP contribution >= 0.6 is 0 Å². The van der Waals surface area contributed by atoms with Crippen molar-refractivity contribution in [3.63, 3.8) is 0 Å². The Labute approximate surface area is 148 Å². The molecule has 0 aliphatic heterocycles. The van der Waals surface area contributed by atoms with Crippen LogP contribution in [0.25, 0.3) is 22.2 Å². The van der Waals surface area contributed by atoms with Crippen LogP contribution in [0.1, 0.15) is 11.1 Å². The lowest BCUT2D eigenvalue weighted by atomic mass is 10.1. The van der Waals surface area contributed by atoms with Crippen molar-refractivity contribution in [1.82, 2.24) is 15.5 Å². The lowest BCUT2D eigenvalue weighted by molar-refractivity contribution is -0.120. The number of fused-ring (bicyclic) bond motifs is 1. The minimum atomic E-state index is -0.318. The first-order valence-electron chi connectivity index (χ1n) is 8.22. The number of aromatic amines is 1. The summed E-state index contributed by atoms with van der Waals surface area (Å²) in [4.78, 5) is 15.5. The summed E-state index contributed by atoms with van der Waals surface area (Å²) in [5, 5.41) is 7.71. The number of carbonyl (C=O) groups excluding carboxylic acids is 1. The molecule has 0 radical (unpaired) electrons. The van der Waals surface area contributed by atoms with Gasteiger partial charge in [-0.25, -0.2) is 4.39 Å². The van der Waals surface area contributed by atoms with E-state index in [9.17, 15) is 9.18 Å². The fraction of sp³-hybridized carbons (Fsp3) is 0.100. The highest BCUT2D eigenvalue weighted by Gasteiger charge is 2.13. The smallest absolute Gasteiger partial charge is 0.224 e. The molecule has 0 aliphatic carbocycles. The van der Waals surface area contributed by atoms with Crippen LogP contribution in [0, 0.1) is 5.82 Å². The number of nitrogens with zero attached hydrogens (tertiary/aromatic N) is 1. The van der Waals surface area contributed by atoms with Crippen LogP contribution in [-0.4, -0.2) is 16.0 Å². The van der Waals surface area contributed by atoms with Crippen LogP contribution in [0.3, 0.4) is 0 Å². The predicted molar refractivity (Wildman–Crippen MR) is 95.7 cm³/mol. The zero-order valence-electron chi connectivity index (χ0n) is 13.8. The molecule has 0 spiro atoms. The van der Waals surface area contributed by atoms with Gasteiger partial charge < -0.3 is 14.8 Å². The van der Waals surface area contributed by atoms with E-state index in [1.54, 1.807) is 18.3 Å². The average molecular weight is 349 g/mol. The molecule has 4 rings (SSSR count). The summed E-state index contributed by atoms with van der Waals surface area (Å²) < 4.78 is 18.3. The third kappa shape index (κ3) is 3.21. The Morgan fingerprint density at radius 2 is 1.92 bits per heavy atom. The van der Waals surface area contributed by atoms with Gasteiger partial charge in [0.25, 0.3) is 0 Å². The van der Waals surface area contributed by atoms with E-state index in [2.05, 4.69) is 15.5 Å². The molecule has 0 atom stereocenters. The molecule has 0 saturated heterocycles. The van der Waals surface area contributed by atoms with Gasteiger partial charge in [-0.05, 0) is 35.9 Å². The lowest BCUT2D eigenvalue weighted by Gasteiger charge is -2.05. The Hall–Kier alpha value is -3.41. The Bertz CT molecular complexity index is 1050. The third-order valence-electron chi connectivity index (χ3n) is 4.25. The zero-order chi connectivity index (χ0) is 17.9. The van der Waals surface area contributed by atoms with Gasteiger partial charge in [-0.15, -0.1) is 0 Å². The molecule has 6 heteroatoms. The maximum absolute atomic E-state index is 13.1. The number of halogens is 1. The Kier molecular flexibility index (Phi) is 4.23. The van der Waals surface area contributed by atoms with Crippen molar-refractivity contribution >= 4 is 16.8 Å². The Morgan fingerprint density at radius 1 is 1.12 bits per heavy atom. The summed E-state index contributed by atoms with van der Waals surface area (Å²) in [5.74, 6) is 0.111. The predicted octanol–water partition coefficient (Wildman–Crippen LogP) is 3.82. The largest absolute Gasteiger partial charge is 0.361 e. The molecule has 0 bridgehead atoms. The van der Waals surface area contributed by atoms with Gasteiger partial charge >= 0.3 is 0 Å². The normalized spacial score (nSPS) is 11.0. The molecule has 2 N–H and O–H groups in total. The molecule has 2 heterocycles. The molecule has 0 saturated carbocycles. The average Bonchev–Trinajstić information content (AvgIpc) is 3.28. The first-order valence-corrected chi connectivity index (χ1v) is 8.22. The van der Waals surface area contributed by atoms with Crippen LogP contribution in [0.15, 0.2) is 65.4 Å². The molecular formula is C20H16FN3O2. The minimum Gasteiger partial charge on any atom is -0.361 e. The summed E-state index contributed by atoms with van der Waals surface area (Å²) in [6.07, 6.45) is 3.69. The van der Waals surface area contributed by atoms with E-state index in [1.165, 1.54) is 12.1 Å². The second kappa shape index (κ2) is 6.84. The first-order chi connectivity index (χ1) is 12.7. The maximum Gasteiger partial charge on any atom is 0.224 e. The van der Waals surface area contributed by atoms with E-state index in [-0.39, 0.29) is 24.7 Å². The summed E-state index contributed by atoms with van der Waals surface area (Å²) in [7, 11) is 0. The molecule has 2 aromatic carbocycles. The number of H-pyrrole nitrogens is 1. The number of aromatic nitrogens is 2. The minimum absolute atomic E-state index is 0.0963. The third-order valence-corrected chi connectivity index (χ3v) is 4.25. The number of rotatable bonds is 5.